The normalized spacial score (nSPS) is 11.5. The molecule has 0 aliphatic rings. The number of hydrogen-bond donors (Lipinski definition) is 1. The highest BCUT2D eigenvalue weighted by molar-refractivity contribution is 7.99. The summed E-state index contributed by atoms with van der Waals surface area (Å²) in [7, 11) is 1.95. The number of benzene rings is 1. The molecule has 3 aromatic heterocycles. The van der Waals surface area contributed by atoms with Gasteiger partial charge in [0.05, 0.1) is 11.8 Å². The molecule has 0 amide bonds. The number of hydrogen-bond acceptors (Lipinski definition) is 6. The number of aromatic nitrogens is 4. The van der Waals surface area contributed by atoms with Gasteiger partial charge in [0, 0.05) is 18.9 Å². The molecule has 1 aromatic carbocycles. The van der Waals surface area contributed by atoms with Crippen LogP contribution in [0, 0.1) is 0 Å². The predicted octanol–water partition coefficient (Wildman–Crippen LogP) is 2.84. The third-order valence-corrected chi connectivity index (χ3v) is 4.03. The maximum Gasteiger partial charge on any atom is 0.263 e. The van der Waals surface area contributed by atoms with Crippen LogP contribution in [0.4, 0.5) is 5.69 Å². The molecule has 2 N–H and O–H groups in total. The van der Waals surface area contributed by atoms with Crippen molar-refractivity contribution in [2.75, 3.05) is 5.73 Å². The first-order chi connectivity index (χ1) is 10.2. The first-order valence-electron chi connectivity index (χ1n) is 6.31. The van der Waals surface area contributed by atoms with E-state index in [9.17, 15) is 0 Å². The summed E-state index contributed by atoms with van der Waals surface area (Å²) in [5, 5.41) is 1.30. The molecule has 0 bridgehead atoms. The van der Waals surface area contributed by atoms with E-state index in [0.29, 0.717) is 16.5 Å². The van der Waals surface area contributed by atoms with Crippen LogP contribution in [0.1, 0.15) is 0 Å². The van der Waals surface area contributed by atoms with Crippen molar-refractivity contribution < 1.29 is 4.42 Å². The Hall–Kier alpha value is -2.54. The fourth-order valence-corrected chi connectivity index (χ4v) is 2.97. The molecule has 0 aliphatic heterocycles. The number of nitrogens with zero attached hydrogens (tertiary/aromatic N) is 4. The number of aryl methyl sites for hydroxylation is 1. The van der Waals surface area contributed by atoms with E-state index in [4.69, 9.17) is 10.2 Å². The summed E-state index contributed by atoms with van der Waals surface area (Å²) in [5.74, 6) is 0. The Morgan fingerprint density at radius 2 is 2.14 bits per heavy atom. The molecule has 0 saturated carbocycles. The van der Waals surface area contributed by atoms with Crippen LogP contribution < -0.4 is 5.73 Å². The molecule has 3 heterocycles. The lowest BCUT2D eigenvalue weighted by Gasteiger charge is -1.98. The van der Waals surface area contributed by atoms with Gasteiger partial charge in [-0.05, 0) is 36.0 Å². The molecule has 0 spiro atoms. The van der Waals surface area contributed by atoms with E-state index in [1.165, 1.54) is 11.8 Å². The highest BCUT2D eigenvalue weighted by Gasteiger charge is 2.13. The zero-order chi connectivity index (χ0) is 14.4. The predicted molar refractivity (Wildman–Crippen MR) is 81.1 cm³/mol. The second-order valence-corrected chi connectivity index (χ2v) is 5.59. The number of anilines is 1. The van der Waals surface area contributed by atoms with E-state index in [-0.39, 0.29) is 0 Å². The number of rotatable bonds is 2. The van der Waals surface area contributed by atoms with Crippen molar-refractivity contribution in [1.29, 1.82) is 0 Å². The van der Waals surface area contributed by atoms with Gasteiger partial charge in [-0.25, -0.2) is 15.0 Å². The number of pyridine rings is 1. The molecular weight excluding hydrogens is 286 g/mol. The lowest BCUT2D eigenvalue weighted by atomic mass is 10.3. The Kier molecular flexibility index (Phi) is 2.61. The minimum absolute atomic E-state index is 0.529. The second-order valence-electron chi connectivity index (χ2n) is 4.65. The first kappa shape index (κ1) is 12.2. The highest BCUT2D eigenvalue weighted by Crippen LogP contribution is 2.32. The summed E-state index contributed by atoms with van der Waals surface area (Å²) in [6.45, 7) is 0. The Labute approximate surface area is 124 Å². The molecule has 104 valence electrons. The molecular formula is C14H11N5OS. The van der Waals surface area contributed by atoms with Crippen LogP contribution in [0.25, 0.3) is 22.1 Å². The standard InChI is InChI=1S/C14H11N5OS/c1-19-7-17-12-10(19)4-5-16-13(12)21-14-18-9-6-8(15)2-3-11(9)20-14/h2-7H,15H2,1H3. The van der Waals surface area contributed by atoms with E-state index in [1.807, 2.05) is 23.7 Å². The maximum atomic E-state index is 5.75. The van der Waals surface area contributed by atoms with Crippen LogP contribution in [-0.4, -0.2) is 19.5 Å². The Bertz CT molecular complexity index is 958. The van der Waals surface area contributed by atoms with Crippen LogP contribution >= 0.6 is 11.8 Å². The molecule has 4 rings (SSSR count). The average molecular weight is 297 g/mol. The molecule has 0 atom stereocenters. The largest absolute Gasteiger partial charge is 0.431 e. The third-order valence-electron chi connectivity index (χ3n) is 3.19. The summed E-state index contributed by atoms with van der Waals surface area (Å²) in [6.07, 6.45) is 3.52. The molecule has 4 aromatic rings. The summed E-state index contributed by atoms with van der Waals surface area (Å²) in [6, 6.07) is 7.33. The topological polar surface area (TPSA) is 82.8 Å². The van der Waals surface area contributed by atoms with Crippen molar-refractivity contribution in [3.63, 3.8) is 0 Å². The molecule has 0 aliphatic carbocycles. The van der Waals surface area contributed by atoms with Gasteiger partial charge in [0.1, 0.15) is 16.1 Å². The third kappa shape index (κ3) is 2.02. The van der Waals surface area contributed by atoms with Crippen LogP contribution in [0.3, 0.4) is 0 Å². The number of oxazole rings is 1. The monoisotopic (exact) mass is 297 g/mol. The minimum Gasteiger partial charge on any atom is -0.431 e. The highest BCUT2D eigenvalue weighted by atomic mass is 32.2. The van der Waals surface area contributed by atoms with Crippen molar-refractivity contribution >= 4 is 39.6 Å². The molecule has 0 unspecified atom stereocenters. The Morgan fingerprint density at radius 1 is 1.24 bits per heavy atom. The van der Waals surface area contributed by atoms with Crippen LogP contribution in [0.5, 0.6) is 0 Å². The first-order valence-corrected chi connectivity index (χ1v) is 7.12. The van der Waals surface area contributed by atoms with E-state index >= 15 is 0 Å². The SMILES string of the molecule is Cn1cnc2c(Sc3nc4cc(N)ccc4o3)nccc21. The zero-order valence-corrected chi connectivity index (χ0v) is 12.0. The van der Waals surface area contributed by atoms with Gasteiger partial charge in [-0.15, -0.1) is 0 Å². The number of nitrogen functional groups attached to an aromatic ring is 1. The van der Waals surface area contributed by atoms with E-state index in [1.54, 1.807) is 24.7 Å². The van der Waals surface area contributed by atoms with Gasteiger partial charge in [-0.3, -0.25) is 0 Å². The Morgan fingerprint density at radius 3 is 3.05 bits per heavy atom. The number of nitrogens with two attached hydrogens (primary N) is 1. The molecule has 0 radical (unpaired) electrons. The van der Waals surface area contributed by atoms with Crippen LogP contribution in [0.2, 0.25) is 0 Å². The fraction of sp³-hybridized carbons (Fsp3) is 0.0714. The summed E-state index contributed by atoms with van der Waals surface area (Å²) < 4.78 is 7.66. The van der Waals surface area contributed by atoms with Crippen molar-refractivity contribution in [3.8, 4) is 0 Å². The zero-order valence-electron chi connectivity index (χ0n) is 11.1. The van der Waals surface area contributed by atoms with E-state index < -0.39 is 0 Å². The van der Waals surface area contributed by atoms with Gasteiger partial charge in [-0.2, -0.15) is 0 Å². The van der Waals surface area contributed by atoms with Gasteiger partial charge >= 0.3 is 0 Å². The number of imidazole rings is 1. The van der Waals surface area contributed by atoms with Crippen molar-refractivity contribution in [2.24, 2.45) is 7.05 Å². The quantitative estimate of drug-likeness (QED) is 0.573. The van der Waals surface area contributed by atoms with Gasteiger partial charge in [0.15, 0.2) is 5.58 Å². The Balaban J connectivity index is 1.79. The molecule has 6 nitrogen and oxygen atoms in total. The maximum absolute atomic E-state index is 5.75. The summed E-state index contributed by atoms with van der Waals surface area (Å²) in [5.41, 5.74) is 9.72. The van der Waals surface area contributed by atoms with Crippen molar-refractivity contribution in [1.82, 2.24) is 19.5 Å². The van der Waals surface area contributed by atoms with Crippen molar-refractivity contribution in [2.45, 2.75) is 10.2 Å². The molecule has 0 saturated heterocycles. The number of fused-ring (bicyclic) bond motifs is 2. The van der Waals surface area contributed by atoms with Gasteiger partial charge in [-0.1, -0.05) is 0 Å². The van der Waals surface area contributed by atoms with Gasteiger partial charge in [0.2, 0.25) is 0 Å². The van der Waals surface area contributed by atoms with Gasteiger partial charge < -0.3 is 14.7 Å². The smallest absolute Gasteiger partial charge is 0.263 e. The minimum atomic E-state index is 0.529. The lowest BCUT2D eigenvalue weighted by Crippen LogP contribution is -1.86. The molecule has 0 fully saturated rings. The summed E-state index contributed by atoms with van der Waals surface area (Å²) >= 11 is 1.36. The summed E-state index contributed by atoms with van der Waals surface area (Å²) in [4.78, 5) is 13.2. The molecule has 7 heteroatoms. The van der Waals surface area contributed by atoms with Gasteiger partial charge in [0.25, 0.3) is 5.22 Å². The lowest BCUT2D eigenvalue weighted by molar-refractivity contribution is 0.489. The second kappa shape index (κ2) is 4.49. The van der Waals surface area contributed by atoms with Crippen molar-refractivity contribution in [3.05, 3.63) is 36.8 Å². The van der Waals surface area contributed by atoms with E-state index in [2.05, 4.69) is 15.0 Å². The fourth-order valence-electron chi connectivity index (χ4n) is 2.16. The average Bonchev–Trinajstić information content (AvgIpc) is 3.03. The molecule has 21 heavy (non-hydrogen) atoms. The van der Waals surface area contributed by atoms with Crippen LogP contribution in [0.15, 0.2) is 51.5 Å². The van der Waals surface area contributed by atoms with E-state index in [0.717, 1.165) is 21.6 Å². The van der Waals surface area contributed by atoms with Crippen LogP contribution in [-0.2, 0) is 7.05 Å².